The van der Waals surface area contributed by atoms with Crippen molar-refractivity contribution in [2.24, 2.45) is 0 Å². The predicted octanol–water partition coefficient (Wildman–Crippen LogP) is 1.11. The highest BCUT2D eigenvalue weighted by atomic mass is 16.5. The topological polar surface area (TPSA) is 71.1 Å². The zero-order valence-electron chi connectivity index (χ0n) is 15.2. The van der Waals surface area contributed by atoms with Crippen LogP contribution in [-0.4, -0.2) is 73.8 Å². The normalized spacial score (nSPS) is 26.0. The molecule has 26 heavy (non-hydrogen) atoms. The van der Waals surface area contributed by atoms with Gasteiger partial charge < -0.3 is 24.6 Å². The molecule has 3 saturated heterocycles. The first-order chi connectivity index (χ1) is 12.5. The molecular formula is C19H25N3O4. The number of likely N-dealkylation sites (tertiary alicyclic amines) is 2. The molecule has 1 aromatic rings. The van der Waals surface area contributed by atoms with E-state index in [2.05, 4.69) is 23.5 Å². The first kappa shape index (κ1) is 17.1. The molecule has 7 nitrogen and oxygen atoms in total. The Morgan fingerprint density at radius 2 is 2.08 bits per heavy atom. The molecule has 3 aliphatic rings. The second-order valence-electron chi connectivity index (χ2n) is 7.37. The van der Waals surface area contributed by atoms with E-state index in [0.29, 0.717) is 19.0 Å². The Hall–Kier alpha value is -2.28. The molecule has 0 spiro atoms. The van der Waals surface area contributed by atoms with E-state index in [-0.39, 0.29) is 30.7 Å². The van der Waals surface area contributed by atoms with Crippen molar-refractivity contribution in [3.05, 3.63) is 29.3 Å². The standard InChI is InChI=1S/C19H25N3O4/c1-12-3-4-13(7-17(12)25-2)14-8-22(9-14)19(24)21-6-5-16-15(10-21)20-18(23)11-26-16/h3-4,7,14-16H,5-6,8-11H2,1-2H3,(H,20,23)/t15-,16+/m1/s1. The van der Waals surface area contributed by atoms with Gasteiger partial charge >= 0.3 is 6.03 Å². The van der Waals surface area contributed by atoms with Gasteiger partial charge in [0.1, 0.15) is 12.4 Å². The van der Waals surface area contributed by atoms with Gasteiger partial charge in [0, 0.05) is 32.1 Å². The molecule has 0 saturated carbocycles. The number of morpholine rings is 1. The fourth-order valence-corrected chi connectivity index (χ4v) is 4.01. The smallest absolute Gasteiger partial charge is 0.320 e. The lowest BCUT2D eigenvalue weighted by molar-refractivity contribution is -0.139. The van der Waals surface area contributed by atoms with Gasteiger partial charge in [0.15, 0.2) is 0 Å². The number of fused-ring (bicyclic) bond motifs is 1. The number of benzene rings is 1. The van der Waals surface area contributed by atoms with Crippen LogP contribution in [0.1, 0.15) is 23.5 Å². The summed E-state index contributed by atoms with van der Waals surface area (Å²) in [7, 11) is 1.68. The molecule has 3 amide bonds. The SMILES string of the molecule is COc1cc(C2CN(C(=O)N3CC[C@@H]4OCC(=O)N[C@@H]4C3)C2)ccc1C. The number of hydrogen-bond donors (Lipinski definition) is 1. The van der Waals surface area contributed by atoms with Crippen LogP contribution in [0.5, 0.6) is 5.75 Å². The highest BCUT2D eigenvalue weighted by Crippen LogP contribution is 2.32. The number of carbonyl (C=O) groups is 2. The van der Waals surface area contributed by atoms with Gasteiger partial charge in [-0.1, -0.05) is 12.1 Å². The first-order valence-electron chi connectivity index (χ1n) is 9.14. The van der Waals surface area contributed by atoms with Gasteiger partial charge in [-0.15, -0.1) is 0 Å². The van der Waals surface area contributed by atoms with Gasteiger partial charge in [-0.3, -0.25) is 4.79 Å². The van der Waals surface area contributed by atoms with Crippen LogP contribution in [0.3, 0.4) is 0 Å². The number of amides is 3. The average molecular weight is 359 g/mol. The maximum Gasteiger partial charge on any atom is 0.320 e. The summed E-state index contributed by atoms with van der Waals surface area (Å²) >= 11 is 0. The third-order valence-electron chi connectivity index (χ3n) is 5.65. The van der Waals surface area contributed by atoms with Crippen LogP contribution in [0.2, 0.25) is 0 Å². The summed E-state index contributed by atoms with van der Waals surface area (Å²) in [5, 5.41) is 2.94. The number of hydrogen-bond acceptors (Lipinski definition) is 4. The number of nitrogens with one attached hydrogen (secondary N) is 1. The highest BCUT2D eigenvalue weighted by Gasteiger charge is 2.40. The zero-order valence-corrected chi connectivity index (χ0v) is 15.2. The molecule has 3 heterocycles. The quantitative estimate of drug-likeness (QED) is 0.859. The molecule has 0 radical (unpaired) electrons. The number of methoxy groups -OCH3 is 1. The summed E-state index contributed by atoms with van der Waals surface area (Å²) in [4.78, 5) is 28.0. The molecular weight excluding hydrogens is 334 g/mol. The van der Waals surface area contributed by atoms with Crippen LogP contribution < -0.4 is 10.1 Å². The van der Waals surface area contributed by atoms with E-state index >= 15 is 0 Å². The summed E-state index contributed by atoms with van der Waals surface area (Å²) in [5.41, 5.74) is 2.33. The van der Waals surface area contributed by atoms with Crippen LogP contribution in [0.4, 0.5) is 4.79 Å². The van der Waals surface area contributed by atoms with E-state index in [0.717, 1.165) is 30.8 Å². The summed E-state index contributed by atoms with van der Waals surface area (Å²) in [6.07, 6.45) is 0.796. The minimum Gasteiger partial charge on any atom is -0.496 e. The predicted molar refractivity (Wildman–Crippen MR) is 95.3 cm³/mol. The summed E-state index contributed by atoms with van der Waals surface area (Å²) in [5.74, 6) is 1.14. The number of aryl methyl sites for hydroxylation is 1. The lowest BCUT2D eigenvalue weighted by atomic mass is 9.90. The minimum absolute atomic E-state index is 0.0286. The third-order valence-corrected chi connectivity index (χ3v) is 5.65. The van der Waals surface area contributed by atoms with Crippen LogP contribution in [0, 0.1) is 6.92 Å². The van der Waals surface area contributed by atoms with Crippen molar-refractivity contribution in [3.63, 3.8) is 0 Å². The van der Waals surface area contributed by atoms with Crippen molar-refractivity contribution in [1.82, 2.24) is 15.1 Å². The molecule has 0 bridgehead atoms. The molecule has 1 N–H and O–H groups in total. The first-order valence-corrected chi connectivity index (χ1v) is 9.14. The van der Waals surface area contributed by atoms with Crippen molar-refractivity contribution in [2.75, 3.05) is 39.9 Å². The number of piperidine rings is 1. The number of ether oxygens (including phenoxy) is 2. The van der Waals surface area contributed by atoms with E-state index in [9.17, 15) is 9.59 Å². The molecule has 4 rings (SSSR count). The van der Waals surface area contributed by atoms with E-state index in [4.69, 9.17) is 9.47 Å². The summed E-state index contributed by atoms with van der Waals surface area (Å²) in [6.45, 7) is 4.79. The van der Waals surface area contributed by atoms with Crippen LogP contribution >= 0.6 is 0 Å². The average Bonchev–Trinajstić information content (AvgIpc) is 2.61. The molecule has 1 aromatic carbocycles. The maximum atomic E-state index is 12.8. The van der Waals surface area contributed by atoms with Crippen LogP contribution in [-0.2, 0) is 9.53 Å². The largest absolute Gasteiger partial charge is 0.496 e. The lowest BCUT2D eigenvalue weighted by Crippen LogP contribution is -2.63. The van der Waals surface area contributed by atoms with Crippen LogP contribution in [0.25, 0.3) is 0 Å². The number of nitrogens with zero attached hydrogens (tertiary/aromatic N) is 2. The molecule has 7 heteroatoms. The van der Waals surface area contributed by atoms with Gasteiger partial charge in [0.25, 0.3) is 0 Å². The summed E-state index contributed by atoms with van der Waals surface area (Å²) < 4.78 is 11.0. The Labute approximate surface area is 153 Å². The second kappa shape index (κ2) is 6.79. The Bertz CT molecular complexity index is 717. The second-order valence-corrected chi connectivity index (χ2v) is 7.37. The van der Waals surface area contributed by atoms with Gasteiger partial charge in [-0.2, -0.15) is 0 Å². The summed E-state index contributed by atoms with van der Waals surface area (Å²) in [6, 6.07) is 6.22. The lowest BCUT2D eigenvalue weighted by Gasteiger charge is -2.46. The van der Waals surface area contributed by atoms with Crippen molar-refractivity contribution < 1.29 is 19.1 Å². The molecule has 0 aliphatic carbocycles. The molecule has 3 fully saturated rings. The number of urea groups is 1. The fraction of sp³-hybridized carbons (Fsp3) is 0.579. The van der Waals surface area contributed by atoms with Crippen molar-refractivity contribution in [1.29, 1.82) is 0 Å². The van der Waals surface area contributed by atoms with Crippen molar-refractivity contribution in [3.8, 4) is 5.75 Å². The minimum atomic E-state index is -0.0992. The van der Waals surface area contributed by atoms with Gasteiger partial charge in [0.2, 0.25) is 5.91 Å². The van der Waals surface area contributed by atoms with Crippen molar-refractivity contribution in [2.45, 2.75) is 31.4 Å². The van der Waals surface area contributed by atoms with Gasteiger partial charge in [0.05, 0.1) is 19.3 Å². The van der Waals surface area contributed by atoms with Crippen molar-refractivity contribution >= 4 is 11.9 Å². The Kier molecular flexibility index (Phi) is 4.48. The van der Waals surface area contributed by atoms with E-state index in [1.54, 1.807) is 7.11 Å². The number of carbonyl (C=O) groups excluding carboxylic acids is 2. The Balaban J connectivity index is 1.34. The molecule has 0 aromatic heterocycles. The molecule has 2 atom stereocenters. The molecule has 0 unspecified atom stereocenters. The maximum absolute atomic E-state index is 12.8. The molecule has 3 aliphatic heterocycles. The Morgan fingerprint density at radius 1 is 1.27 bits per heavy atom. The van der Waals surface area contributed by atoms with E-state index < -0.39 is 0 Å². The van der Waals surface area contributed by atoms with E-state index in [1.807, 2.05) is 16.7 Å². The zero-order chi connectivity index (χ0) is 18.3. The molecule has 140 valence electrons. The fourth-order valence-electron chi connectivity index (χ4n) is 4.01. The van der Waals surface area contributed by atoms with E-state index in [1.165, 1.54) is 5.56 Å². The number of rotatable bonds is 2. The van der Waals surface area contributed by atoms with Crippen LogP contribution in [0.15, 0.2) is 18.2 Å². The Morgan fingerprint density at radius 3 is 2.85 bits per heavy atom. The monoisotopic (exact) mass is 359 g/mol. The highest BCUT2D eigenvalue weighted by molar-refractivity contribution is 5.79. The van der Waals surface area contributed by atoms with Gasteiger partial charge in [-0.25, -0.2) is 4.79 Å². The van der Waals surface area contributed by atoms with Gasteiger partial charge in [-0.05, 0) is 30.5 Å². The third kappa shape index (κ3) is 3.11.